The Morgan fingerprint density at radius 2 is 1.36 bits per heavy atom. The summed E-state index contributed by atoms with van der Waals surface area (Å²) >= 11 is 0. The van der Waals surface area contributed by atoms with E-state index in [4.69, 9.17) is 0 Å². The van der Waals surface area contributed by atoms with Crippen molar-refractivity contribution in [1.82, 2.24) is 5.32 Å². The molecular weight excluding hydrogens is 468 g/mol. The highest BCUT2D eigenvalue weighted by Crippen LogP contribution is 2.27. The van der Waals surface area contributed by atoms with E-state index in [1.54, 1.807) is 31.2 Å². The number of hydrogen-bond acceptors (Lipinski definition) is 3. The molecule has 4 aromatic carbocycles. The number of sulfonamides is 1. The maximum absolute atomic E-state index is 13.4. The smallest absolute Gasteiger partial charge is 0.262 e. The molecule has 4 aromatic rings. The van der Waals surface area contributed by atoms with Crippen molar-refractivity contribution in [3.8, 4) is 0 Å². The zero-order chi connectivity index (χ0) is 25.9. The first kappa shape index (κ1) is 25.2. The van der Waals surface area contributed by atoms with E-state index >= 15 is 0 Å². The van der Waals surface area contributed by atoms with Crippen LogP contribution in [0.1, 0.15) is 49.8 Å². The van der Waals surface area contributed by atoms with Crippen LogP contribution in [0.25, 0.3) is 0 Å². The number of amides is 1. The van der Waals surface area contributed by atoms with Crippen molar-refractivity contribution in [3.05, 3.63) is 130 Å². The van der Waals surface area contributed by atoms with Crippen LogP contribution < -0.4 is 10.0 Å². The summed E-state index contributed by atoms with van der Waals surface area (Å²) in [5, 5.41) is 3.11. The largest absolute Gasteiger partial charge is 0.341 e. The lowest BCUT2D eigenvalue weighted by atomic mass is 9.94. The lowest BCUT2D eigenvalue weighted by Crippen LogP contribution is -2.30. The fraction of sp³-hybridized carbons (Fsp3) is 0.167. The number of hydrogen-bond donors (Lipinski definition) is 2. The summed E-state index contributed by atoms with van der Waals surface area (Å²) in [5.41, 5.74) is 6.35. The van der Waals surface area contributed by atoms with Crippen molar-refractivity contribution in [2.45, 2.75) is 38.6 Å². The average Bonchev–Trinajstić information content (AvgIpc) is 2.86. The summed E-state index contributed by atoms with van der Waals surface area (Å²) < 4.78 is 29.2. The van der Waals surface area contributed by atoms with Crippen LogP contribution in [-0.4, -0.2) is 14.3 Å². The predicted octanol–water partition coefficient (Wildman–Crippen LogP) is 6.24. The predicted molar refractivity (Wildman–Crippen MR) is 145 cm³/mol. The second-order valence-electron chi connectivity index (χ2n) is 9.06. The number of anilines is 1. The summed E-state index contributed by atoms with van der Waals surface area (Å²) in [4.78, 5) is 13.5. The van der Waals surface area contributed by atoms with Crippen LogP contribution in [0.4, 0.5) is 5.69 Å². The minimum Gasteiger partial charge on any atom is -0.341 e. The van der Waals surface area contributed by atoms with Gasteiger partial charge in [-0.05, 0) is 85.3 Å². The van der Waals surface area contributed by atoms with Crippen LogP contribution in [0, 0.1) is 27.7 Å². The first-order chi connectivity index (χ1) is 17.2. The molecule has 0 saturated heterocycles. The zero-order valence-electron chi connectivity index (χ0n) is 20.9. The van der Waals surface area contributed by atoms with Gasteiger partial charge in [-0.1, -0.05) is 66.7 Å². The number of nitrogens with one attached hydrogen (secondary N) is 2. The van der Waals surface area contributed by atoms with Gasteiger partial charge in [0.1, 0.15) is 0 Å². The van der Waals surface area contributed by atoms with Crippen LogP contribution in [0.15, 0.2) is 95.9 Å². The average molecular weight is 499 g/mol. The Labute approximate surface area is 213 Å². The lowest BCUT2D eigenvalue weighted by molar-refractivity contribution is 0.0942. The van der Waals surface area contributed by atoms with E-state index in [-0.39, 0.29) is 22.4 Å². The zero-order valence-corrected chi connectivity index (χ0v) is 21.7. The normalized spacial score (nSPS) is 12.1. The van der Waals surface area contributed by atoms with E-state index in [1.165, 1.54) is 6.07 Å². The molecule has 4 rings (SSSR count). The van der Waals surface area contributed by atoms with Gasteiger partial charge < -0.3 is 5.32 Å². The van der Waals surface area contributed by atoms with Gasteiger partial charge in [-0.15, -0.1) is 0 Å². The molecule has 36 heavy (non-hydrogen) atoms. The van der Waals surface area contributed by atoms with E-state index < -0.39 is 10.0 Å². The van der Waals surface area contributed by atoms with E-state index in [0.717, 1.165) is 27.8 Å². The van der Waals surface area contributed by atoms with Gasteiger partial charge in [-0.25, -0.2) is 8.42 Å². The Morgan fingerprint density at radius 3 is 2.06 bits per heavy atom. The number of benzene rings is 4. The molecule has 0 fully saturated rings. The summed E-state index contributed by atoms with van der Waals surface area (Å²) in [7, 11) is -3.90. The van der Waals surface area contributed by atoms with Gasteiger partial charge in [0.25, 0.3) is 15.9 Å². The molecule has 0 aliphatic carbocycles. The molecule has 0 aromatic heterocycles. The van der Waals surface area contributed by atoms with E-state index in [9.17, 15) is 13.2 Å². The Bertz CT molecular complexity index is 1510. The molecule has 0 radical (unpaired) electrons. The molecule has 2 N–H and O–H groups in total. The van der Waals surface area contributed by atoms with Gasteiger partial charge in [0.15, 0.2) is 0 Å². The van der Waals surface area contributed by atoms with Crippen LogP contribution >= 0.6 is 0 Å². The van der Waals surface area contributed by atoms with E-state index in [2.05, 4.69) is 10.0 Å². The van der Waals surface area contributed by atoms with Gasteiger partial charge in [0, 0.05) is 11.3 Å². The third-order valence-corrected chi connectivity index (χ3v) is 7.93. The van der Waals surface area contributed by atoms with Crippen molar-refractivity contribution in [2.75, 3.05) is 4.72 Å². The number of aryl methyl sites for hydroxylation is 4. The second-order valence-corrected chi connectivity index (χ2v) is 10.7. The molecule has 0 aliphatic heterocycles. The minimum absolute atomic E-state index is 0.0699. The molecule has 5 nitrogen and oxygen atoms in total. The quantitative estimate of drug-likeness (QED) is 0.317. The highest BCUT2D eigenvalue weighted by Gasteiger charge is 2.23. The van der Waals surface area contributed by atoms with Gasteiger partial charge in [0.05, 0.1) is 10.9 Å². The van der Waals surface area contributed by atoms with Crippen molar-refractivity contribution in [2.24, 2.45) is 0 Å². The van der Waals surface area contributed by atoms with E-state index in [0.29, 0.717) is 11.3 Å². The molecule has 0 heterocycles. The molecular formula is C30H30N2O3S. The number of carbonyl (C=O) groups is 1. The lowest BCUT2D eigenvalue weighted by Gasteiger charge is -2.22. The van der Waals surface area contributed by atoms with Crippen LogP contribution in [0.2, 0.25) is 0 Å². The molecule has 1 unspecified atom stereocenters. The molecule has 1 amide bonds. The van der Waals surface area contributed by atoms with E-state index in [1.807, 2.05) is 81.4 Å². The second kappa shape index (κ2) is 10.4. The molecule has 0 aliphatic rings. The van der Waals surface area contributed by atoms with Crippen molar-refractivity contribution in [3.63, 3.8) is 0 Å². The number of carbonyl (C=O) groups excluding carboxylic acids is 1. The third kappa shape index (κ3) is 5.50. The van der Waals surface area contributed by atoms with Gasteiger partial charge in [0.2, 0.25) is 0 Å². The van der Waals surface area contributed by atoms with Crippen LogP contribution in [0.3, 0.4) is 0 Å². The topological polar surface area (TPSA) is 75.3 Å². The molecule has 0 saturated carbocycles. The number of rotatable bonds is 7. The fourth-order valence-corrected chi connectivity index (χ4v) is 5.48. The monoisotopic (exact) mass is 498 g/mol. The van der Waals surface area contributed by atoms with Crippen LogP contribution in [-0.2, 0) is 10.0 Å². The molecule has 1 atom stereocenters. The summed E-state index contributed by atoms with van der Waals surface area (Å²) in [6.45, 7) is 7.63. The maximum Gasteiger partial charge on any atom is 0.262 e. The summed E-state index contributed by atoms with van der Waals surface area (Å²) in [5.74, 6) is -0.352. The first-order valence-corrected chi connectivity index (χ1v) is 13.3. The van der Waals surface area contributed by atoms with Crippen molar-refractivity contribution in [1.29, 1.82) is 0 Å². The highest BCUT2D eigenvalue weighted by atomic mass is 32.2. The Morgan fingerprint density at radius 1 is 0.694 bits per heavy atom. The third-order valence-electron chi connectivity index (χ3n) is 6.41. The van der Waals surface area contributed by atoms with Gasteiger partial charge in [-0.3, -0.25) is 9.52 Å². The molecule has 184 valence electrons. The SMILES string of the molecule is Cc1ccc(NS(=O)(=O)c2cc(C(=O)NC(c3ccccc3)c3ccccc3C)ccc2C)cc1C. The van der Waals surface area contributed by atoms with Gasteiger partial charge in [-0.2, -0.15) is 0 Å². The summed E-state index contributed by atoms with van der Waals surface area (Å²) in [6.07, 6.45) is 0. The highest BCUT2D eigenvalue weighted by molar-refractivity contribution is 7.92. The Hall–Kier alpha value is -3.90. The molecule has 0 spiro atoms. The molecule has 6 heteroatoms. The minimum atomic E-state index is -3.90. The Balaban J connectivity index is 1.66. The van der Waals surface area contributed by atoms with Crippen molar-refractivity contribution < 1.29 is 13.2 Å². The summed E-state index contributed by atoms with van der Waals surface area (Å²) in [6, 6.07) is 27.4. The maximum atomic E-state index is 13.4. The van der Waals surface area contributed by atoms with Crippen LogP contribution in [0.5, 0.6) is 0 Å². The van der Waals surface area contributed by atoms with Gasteiger partial charge >= 0.3 is 0 Å². The first-order valence-electron chi connectivity index (χ1n) is 11.8. The fourth-order valence-electron chi connectivity index (χ4n) is 4.16. The standard InChI is InChI=1S/C30H30N2O3S/c1-20-15-17-26(18-23(20)4)32-36(34,35)28-19-25(16-14-22(28)3)30(33)31-29(24-11-6-5-7-12-24)27-13-9-8-10-21(27)2/h5-19,29,32H,1-4H3,(H,31,33). The van der Waals surface area contributed by atoms with Crippen molar-refractivity contribution >= 4 is 21.6 Å². The molecule has 0 bridgehead atoms. The Kier molecular flexibility index (Phi) is 7.27.